The second-order valence-electron chi connectivity index (χ2n) is 5.94. The molecule has 1 fully saturated rings. The monoisotopic (exact) mass is 309 g/mol. The smallest absolute Gasteiger partial charge is 0.236 e. The van der Waals surface area contributed by atoms with Crippen molar-refractivity contribution in [2.24, 2.45) is 11.7 Å². The zero-order valence-corrected chi connectivity index (χ0v) is 13.9. The number of carbonyl (C=O) groups is 1. The fraction of sp³-hybridized carbons (Fsp3) is 0.688. The number of likely N-dealkylation sites (N-methyl/N-ethyl adjacent to an activating group) is 2. The topological polar surface area (TPSA) is 49.6 Å². The summed E-state index contributed by atoms with van der Waals surface area (Å²) in [5.41, 5.74) is 7.08. The Hall–Kier alpha value is -0.910. The van der Waals surface area contributed by atoms with Crippen LogP contribution in [-0.2, 0) is 11.3 Å². The predicted molar refractivity (Wildman–Crippen MR) is 88.2 cm³/mol. The summed E-state index contributed by atoms with van der Waals surface area (Å²) in [4.78, 5) is 16.6. The molecule has 0 spiro atoms. The average Bonchev–Trinajstić information content (AvgIpc) is 3.15. The van der Waals surface area contributed by atoms with Crippen molar-refractivity contribution in [1.29, 1.82) is 0 Å². The molecule has 0 aromatic carbocycles. The summed E-state index contributed by atoms with van der Waals surface area (Å²) in [7, 11) is 1.89. The van der Waals surface area contributed by atoms with Crippen molar-refractivity contribution < 1.29 is 4.79 Å². The minimum absolute atomic E-state index is 0.200. The summed E-state index contributed by atoms with van der Waals surface area (Å²) in [6, 6.07) is 2.56. The molecule has 21 heavy (non-hydrogen) atoms. The lowest BCUT2D eigenvalue weighted by Crippen LogP contribution is -2.46. The average molecular weight is 309 g/mol. The van der Waals surface area contributed by atoms with Crippen molar-refractivity contribution in [3.63, 3.8) is 0 Å². The van der Waals surface area contributed by atoms with Gasteiger partial charge in [-0.1, -0.05) is 13.3 Å². The van der Waals surface area contributed by atoms with Crippen molar-refractivity contribution in [1.82, 2.24) is 9.80 Å². The second-order valence-corrected chi connectivity index (χ2v) is 6.72. The Labute approximate surface area is 131 Å². The molecule has 1 amide bonds. The lowest BCUT2D eigenvalue weighted by atomic mass is 10.0. The van der Waals surface area contributed by atoms with Crippen LogP contribution in [0.4, 0.5) is 0 Å². The molecule has 1 aromatic heterocycles. The molecule has 0 saturated heterocycles. The maximum atomic E-state index is 12.4. The van der Waals surface area contributed by atoms with Crippen LogP contribution in [0.3, 0.4) is 0 Å². The fourth-order valence-electron chi connectivity index (χ4n) is 3.28. The highest BCUT2D eigenvalue weighted by Gasteiger charge is 2.31. The Kier molecular flexibility index (Phi) is 6.21. The molecule has 0 bridgehead atoms. The van der Waals surface area contributed by atoms with Crippen molar-refractivity contribution in [3.05, 3.63) is 22.4 Å². The molecule has 2 rings (SSSR count). The van der Waals surface area contributed by atoms with Crippen LogP contribution in [0.2, 0.25) is 0 Å². The molecule has 4 nitrogen and oxygen atoms in total. The van der Waals surface area contributed by atoms with E-state index >= 15 is 0 Å². The van der Waals surface area contributed by atoms with Gasteiger partial charge >= 0.3 is 0 Å². The normalized spacial score (nSPS) is 21.9. The van der Waals surface area contributed by atoms with Crippen molar-refractivity contribution in [2.75, 3.05) is 26.7 Å². The summed E-state index contributed by atoms with van der Waals surface area (Å²) in [5, 5.41) is 4.15. The molecule has 1 aliphatic carbocycles. The van der Waals surface area contributed by atoms with Crippen LogP contribution in [0.15, 0.2) is 16.8 Å². The lowest BCUT2D eigenvalue weighted by Gasteiger charge is -2.32. The molecule has 1 aliphatic rings. The molecule has 1 saturated carbocycles. The molecule has 118 valence electrons. The molecule has 2 N–H and O–H groups in total. The molecule has 5 heteroatoms. The van der Waals surface area contributed by atoms with Gasteiger partial charge in [0.1, 0.15) is 0 Å². The van der Waals surface area contributed by atoms with E-state index in [0.717, 1.165) is 13.1 Å². The first-order valence-electron chi connectivity index (χ1n) is 7.84. The second kappa shape index (κ2) is 7.92. The number of thiophene rings is 1. The Morgan fingerprint density at radius 2 is 2.29 bits per heavy atom. The van der Waals surface area contributed by atoms with Gasteiger partial charge in [0.15, 0.2) is 0 Å². The largest absolute Gasteiger partial charge is 0.340 e. The number of amides is 1. The maximum absolute atomic E-state index is 12.4. The molecular formula is C16H27N3OS. The fourth-order valence-corrected chi connectivity index (χ4v) is 3.94. The van der Waals surface area contributed by atoms with Gasteiger partial charge in [0, 0.05) is 19.6 Å². The van der Waals surface area contributed by atoms with E-state index in [1.807, 2.05) is 11.9 Å². The quantitative estimate of drug-likeness (QED) is 0.839. The van der Waals surface area contributed by atoms with Gasteiger partial charge in [0.2, 0.25) is 5.91 Å². The third-order valence-corrected chi connectivity index (χ3v) is 5.29. The third-order valence-electron chi connectivity index (χ3n) is 4.56. The summed E-state index contributed by atoms with van der Waals surface area (Å²) in [6.07, 6.45) is 3.62. The molecule has 0 radical (unpaired) electrons. The van der Waals surface area contributed by atoms with Crippen molar-refractivity contribution >= 4 is 17.2 Å². The van der Waals surface area contributed by atoms with Crippen LogP contribution in [0.1, 0.15) is 31.7 Å². The highest BCUT2D eigenvalue weighted by atomic mass is 32.1. The van der Waals surface area contributed by atoms with E-state index in [1.165, 1.54) is 24.8 Å². The van der Waals surface area contributed by atoms with E-state index in [4.69, 9.17) is 5.73 Å². The molecule has 1 aromatic rings. The zero-order chi connectivity index (χ0) is 15.2. The molecular weight excluding hydrogens is 282 g/mol. The minimum atomic E-state index is 0.200. The van der Waals surface area contributed by atoms with Crippen LogP contribution < -0.4 is 5.73 Å². The summed E-state index contributed by atoms with van der Waals surface area (Å²) < 4.78 is 0. The molecule has 0 aliphatic heterocycles. The standard InChI is InChI=1S/C16H27N3OS/c1-3-19(15-6-4-5-14(15)9-17)11-16(20)18(2)10-13-7-8-21-12-13/h7-8,12,14-15H,3-6,9-11,17H2,1-2H3. The van der Waals surface area contributed by atoms with Crippen molar-refractivity contribution in [2.45, 2.75) is 38.8 Å². The number of hydrogen-bond acceptors (Lipinski definition) is 4. The van der Waals surface area contributed by atoms with E-state index in [-0.39, 0.29) is 5.91 Å². The molecule has 2 unspecified atom stereocenters. The first-order valence-corrected chi connectivity index (χ1v) is 8.79. The Bertz CT molecular complexity index is 435. The first kappa shape index (κ1) is 16.5. The number of hydrogen-bond donors (Lipinski definition) is 1. The summed E-state index contributed by atoms with van der Waals surface area (Å²) >= 11 is 1.67. The van der Waals surface area contributed by atoms with E-state index in [2.05, 4.69) is 28.7 Å². The van der Waals surface area contributed by atoms with E-state index in [1.54, 1.807) is 11.3 Å². The highest BCUT2D eigenvalue weighted by molar-refractivity contribution is 7.07. The van der Waals surface area contributed by atoms with Gasteiger partial charge in [-0.2, -0.15) is 11.3 Å². The van der Waals surface area contributed by atoms with E-state index in [0.29, 0.717) is 25.0 Å². The maximum Gasteiger partial charge on any atom is 0.236 e. The molecule has 2 atom stereocenters. The van der Waals surface area contributed by atoms with E-state index in [9.17, 15) is 4.79 Å². The van der Waals surface area contributed by atoms with Gasteiger partial charge in [-0.25, -0.2) is 0 Å². The van der Waals surface area contributed by atoms with Gasteiger partial charge in [-0.15, -0.1) is 0 Å². The van der Waals surface area contributed by atoms with Gasteiger partial charge in [-0.05, 0) is 54.2 Å². The van der Waals surface area contributed by atoms with Gasteiger partial charge < -0.3 is 10.6 Å². The van der Waals surface area contributed by atoms with Crippen LogP contribution in [-0.4, -0.2) is 48.4 Å². The first-order chi connectivity index (χ1) is 10.2. The predicted octanol–water partition coefficient (Wildman–Crippen LogP) is 2.16. The summed E-state index contributed by atoms with van der Waals surface area (Å²) in [6.45, 7) is 5.00. The summed E-state index contributed by atoms with van der Waals surface area (Å²) in [5.74, 6) is 0.755. The van der Waals surface area contributed by atoms with Crippen LogP contribution >= 0.6 is 11.3 Å². The molecule has 1 heterocycles. The highest BCUT2D eigenvalue weighted by Crippen LogP contribution is 2.29. The number of nitrogens with two attached hydrogens (primary N) is 1. The van der Waals surface area contributed by atoms with Crippen LogP contribution in [0, 0.1) is 5.92 Å². The number of nitrogens with zero attached hydrogens (tertiary/aromatic N) is 2. The lowest BCUT2D eigenvalue weighted by molar-refractivity contribution is -0.132. The van der Waals surface area contributed by atoms with Gasteiger partial charge in [0.05, 0.1) is 6.54 Å². The zero-order valence-electron chi connectivity index (χ0n) is 13.1. The Morgan fingerprint density at radius 3 is 2.90 bits per heavy atom. The third kappa shape index (κ3) is 4.28. The van der Waals surface area contributed by atoms with Gasteiger partial charge in [-0.3, -0.25) is 9.69 Å². The van der Waals surface area contributed by atoms with E-state index < -0.39 is 0 Å². The van der Waals surface area contributed by atoms with Crippen LogP contribution in [0.5, 0.6) is 0 Å². The van der Waals surface area contributed by atoms with Crippen LogP contribution in [0.25, 0.3) is 0 Å². The Balaban J connectivity index is 1.89. The minimum Gasteiger partial charge on any atom is -0.340 e. The number of carbonyl (C=O) groups excluding carboxylic acids is 1. The Morgan fingerprint density at radius 1 is 1.48 bits per heavy atom. The SMILES string of the molecule is CCN(CC(=O)N(C)Cc1ccsc1)C1CCCC1CN. The van der Waals surface area contributed by atoms with Gasteiger partial charge in [0.25, 0.3) is 0 Å². The van der Waals surface area contributed by atoms with Crippen molar-refractivity contribution in [3.8, 4) is 0 Å². The number of rotatable bonds is 7.